The molecule has 126 valence electrons. The number of carbonyl (C=O) groups excluding carboxylic acids is 1. The van der Waals surface area contributed by atoms with Gasteiger partial charge in [0.05, 0.1) is 25.1 Å². The van der Waals surface area contributed by atoms with Gasteiger partial charge in [-0.3, -0.25) is 9.10 Å². The third kappa shape index (κ3) is 2.82. The molecule has 1 heterocycles. The molecule has 0 bridgehead atoms. The zero-order valence-electron chi connectivity index (χ0n) is 13.1. The van der Waals surface area contributed by atoms with Crippen molar-refractivity contribution in [1.29, 1.82) is 0 Å². The highest BCUT2D eigenvalue weighted by atomic mass is 79.9. The minimum absolute atomic E-state index is 0.133. The second-order valence-electron chi connectivity index (χ2n) is 5.56. The monoisotopic (exact) mass is 409 g/mol. The third-order valence-electron chi connectivity index (χ3n) is 4.00. The molecule has 0 saturated carbocycles. The molecule has 2 aromatic rings. The van der Waals surface area contributed by atoms with Gasteiger partial charge in [0.15, 0.2) is 5.78 Å². The molecule has 5 nitrogen and oxygen atoms in total. The first-order valence-corrected chi connectivity index (χ1v) is 10.0. The second-order valence-corrected chi connectivity index (χ2v) is 8.41. The lowest BCUT2D eigenvalue weighted by Gasteiger charge is -2.39. The van der Waals surface area contributed by atoms with Crippen LogP contribution in [0, 0.1) is 0 Å². The molecule has 24 heavy (non-hydrogen) atoms. The number of Topliss-reactive ketones (excluding diaryl/α,β-unsaturated/α-hetero) is 1. The Kier molecular flexibility index (Phi) is 4.40. The fourth-order valence-electron chi connectivity index (χ4n) is 2.93. The third-order valence-corrected chi connectivity index (χ3v) is 6.06. The molecule has 3 rings (SSSR count). The summed E-state index contributed by atoms with van der Waals surface area (Å²) in [4.78, 5) is 12.0. The summed E-state index contributed by atoms with van der Waals surface area (Å²) in [6, 6.07) is 13.1. The summed E-state index contributed by atoms with van der Waals surface area (Å²) in [6.45, 7) is 0. The van der Waals surface area contributed by atoms with Gasteiger partial charge in [-0.25, -0.2) is 8.42 Å². The molecular formula is C17H16BrNO4S. The number of carbonyl (C=O) groups is 1. The van der Waals surface area contributed by atoms with Crippen molar-refractivity contribution >= 4 is 37.4 Å². The molecule has 7 heteroatoms. The number of ether oxygens (including phenoxy) is 1. The number of para-hydroxylation sites is 1. The summed E-state index contributed by atoms with van der Waals surface area (Å²) in [5, 5.41) is 0. The summed E-state index contributed by atoms with van der Waals surface area (Å²) in [6.07, 6.45) is 1.15. The van der Waals surface area contributed by atoms with Gasteiger partial charge >= 0.3 is 0 Å². The number of hydrogen-bond donors (Lipinski definition) is 0. The molecule has 2 unspecified atom stereocenters. The van der Waals surface area contributed by atoms with Gasteiger partial charge in [0, 0.05) is 5.56 Å². The van der Waals surface area contributed by atoms with E-state index in [1.165, 1.54) is 4.31 Å². The largest absolute Gasteiger partial charge is 0.497 e. The molecule has 0 radical (unpaired) electrons. The molecule has 0 saturated heterocycles. The van der Waals surface area contributed by atoms with E-state index >= 15 is 0 Å². The zero-order valence-corrected chi connectivity index (χ0v) is 15.5. The van der Waals surface area contributed by atoms with E-state index < -0.39 is 20.9 Å². The van der Waals surface area contributed by atoms with Gasteiger partial charge in [-0.1, -0.05) is 40.2 Å². The number of nitrogens with zero attached hydrogens (tertiary/aromatic N) is 1. The van der Waals surface area contributed by atoms with Crippen molar-refractivity contribution in [1.82, 2.24) is 0 Å². The minimum atomic E-state index is -3.59. The molecular weight excluding hydrogens is 394 g/mol. The van der Waals surface area contributed by atoms with Gasteiger partial charge < -0.3 is 4.74 Å². The lowest BCUT2D eigenvalue weighted by atomic mass is 9.92. The standard InChI is InChI=1S/C17H16BrNO4S/c1-23-12-9-7-11(8-10-12)16-15(18)17(20)13-5-3-4-6-14(13)19(16)24(2,21)22/h3-10,15-16H,1-2H3. The number of halogens is 1. The SMILES string of the molecule is COc1ccc(C2C(Br)C(=O)c3ccccc3N2S(C)(=O)=O)cc1. The first-order valence-electron chi connectivity index (χ1n) is 7.25. The fourth-order valence-corrected chi connectivity index (χ4v) is 5.04. The van der Waals surface area contributed by atoms with Crippen molar-refractivity contribution in [3.8, 4) is 5.75 Å². The molecule has 1 aliphatic heterocycles. The van der Waals surface area contributed by atoms with Crippen LogP contribution >= 0.6 is 15.9 Å². The van der Waals surface area contributed by atoms with Crippen LogP contribution in [0.25, 0.3) is 0 Å². The van der Waals surface area contributed by atoms with Gasteiger partial charge in [0.25, 0.3) is 0 Å². The van der Waals surface area contributed by atoms with Crippen molar-refractivity contribution in [2.75, 3.05) is 17.7 Å². The van der Waals surface area contributed by atoms with E-state index in [-0.39, 0.29) is 5.78 Å². The number of hydrogen-bond acceptors (Lipinski definition) is 4. The van der Waals surface area contributed by atoms with Crippen LogP contribution in [-0.2, 0) is 10.0 Å². The van der Waals surface area contributed by atoms with Crippen molar-refractivity contribution in [2.24, 2.45) is 0 Å². The van der Waals surface area contributed by atoms with E-state index in [9.17, 15) is 13.2 Å². The number of methoxy groups -OCH3 is 1. The molecule has 0 spiro atoms. The van der Waals surface area contributed by atoms with E-state index in [1.807, 2.05) is 0 Å². The average molecular weight is 410 g/mol. The quantitative estimate of drug-likeness (QED) is 0.730. The summed E-state index contributed by atoms with van der Waals surface area (Å²) >= 11 is 3.41. The molecule has 0 N–H and O–H groups in total. The molecule has 0 aliphatic carbocycles. The molecule has 0 aromatic heterocycles. The second kappa shape index (κ2) is 6.22. The highest BCUT2D eigenvalue weighted by molar-refractivity contribution is 9.10. The average Bonchev–Trinajstić information content (AvgIpc) is 2.57. The molecule has 0 fully saturated rings. The Morgan fingerprint density at radius 2 is 1.71 bits per heavy atom. The van der Waals surface area contributed by atoms with Gasteiger partial charge in [-0.2, -0.15) is 0 Å². The number of sulfonamides is 1. The van der Waals surface area contributed by atoms with Crippen LogP contribution < -0.4 is 9.04 Å². The van der Waals surface area contributed by atoms with Gasteiger partial charge in [-0.05, 0) is 29.8 Å². The maximum absolute atomic E-state index is 12.7. The number of fused-ring (bicyclic) bond motifs is 1. The van der Waals surface area contributed by atoms with Gasteiger partial charge in [-0.15, -0.1) is 0 Å². The number of benzene rings is 2. The van der Waals surface area contributed by atoms with Crippen molar-refractivity contribution in [3.63, 3.8) is 0 Å². The predicted molar refractivity (Wildman–Crippen MR) is 96.5 cm³/mol. The smallest absolute Gasteiger partial charge is 0.232 e. The van der Waals surface area contributed by atoms with Crippen LogP contribution in [0.1, 0.15) is 22.0 Å². The Labute approximate surface area is 149 Å². The number of rotatable bonds is 3. The normalized spacial score (nSPS) is 20.6. The number of alkyl halides is 1. The van der Waals surface area contributed by atoms with Crippen LogP contribution in [0.5, 0.6) is 5.75 Å². The highest BCUT2D eigenvalue weighted by Gasteiger charge is 2.43. The van der Waals surface area contributed by atoms with E-state index in [1.54, 1.807) is 55.6 Å². The Bertz CT molecular complexity index is 880. The molecule has 2 atom stereocenters. The van der Waals surface area contributed by atoms with Crippen LogP contribution in [0.15, 0.2) is 48.5 Å². The van der Waals surface area contributed by atoms with Crippen molar-refractivity contribution in [3.05, 3.63) is 59.7 Å². The highest BCUT2D eigenvalue weighted by Crippen LogP contribution is 2.43. The Morgan fingerprint density at radius 3 is 2.29 bits per heavy atom. The summed E-state index contributed by atoms with van der Waals surface area (Å²) in [5.41, 5.74) is 1.52. The van der Waals surface area contributed by atoms with Crippen molar-refractivity contribution < 1.29 is 17.9 Å². The van der Waals surface area contributed by atoms with Crippen LogP contribution in [0.4, 0.5) is 5.69 Å². The summed E-state index contributed by atoms with van der Waals surface area (Å²) in [7, 11) is -2.03. The summed E-state index contributed by atoms with van der Waals surface area (Å²) in [5.74, 6) is 0.532. The van der Waals surface area contributed by atoms with E-state index in [2.05, 4.69) is 15.9 Å². The van der Waals surface area contributed by atoms with Gasteiger partial charge in [0.2, 0.25) is 10.0 Å². The Balaban J connectivity index is 2.21. The van der Waals surface area contributed by atoms with Crippen molar-refractivity contribution in [2.45, 2.75) is 10.9 Å². The number of ketones is 1. The minimum Gasteiger partial charge on any atom is -0.497 e. The van der Waals surface area contributed by atoms with Crippen LogP contribution in [0.2, 0.25) is 0 Å². The van der Waals surface area contributed by atoms with E-state index in [4.69, 9.17) is 4.74 Å². The molecule has 2 aromatic carbocycles. The lowest BCUT2D eigenvalue weighted by Crippen LogP contribution is -2.45. The molecule has 0 amide bonds. The van der Waals surface area contributed by atoms with Crippen LogP contribution in [0.3, 0.4) is 0 Å². The maximum atomic E-state index is 12.7. The Hall–Kier alpha value is -1.86. The van der Waals surface area contributed by atoms with E-state index in [0.717, 1.165) is 6.26 Å². The topological polar surface area (TPSA) is 63.7 Å². The van der Waals surface area contributed by atoms with Crippen LogP contribution in [-0.4, -0.2) is 32.4 Å². The number of anilines is 1. The predicted octanol–water partition coefficient (Wildman–Crippen LogP) is 3.16. The maximum Gasteiger partial charge on any atom is 0.232 e. The lowest BCUT2D eigenvalue weighted by molar-refractivity contribution is 0.0979. The fraction of sp³-hybridized carbons (Fsp3) is 0.235. The first kappa shape index (κ1) is 17.0. The van der Waals surface area contributed by atoms with E-state index in [0.29, 0.717) is 22.6 Å². The van der Waals surface area contributed by atoms with Gasteiger partial charge in [0.1, 0.15) is 10.6 Å². The first-order chi connectivity index (χ1) is 11.3. The molecule has 1 aliphatic rings. The Morgan fingerprint density at radius 1 is 1.08 bits per heavy atom. The zero-order chi connectivity index (χ0) is 17.5. The summed E-state index contributed by atoms with van der Waals surface area (Å²) < 4.78 is 31.4.